The number of carbonyl (C=O) groups excluding carboxylic acids is 1. The molecule has 2 aromatic rings. The molecule has 3 nitrogen and oxygen atoms in total. The monoisotopic (exact) mass is 269 g/mol. The molecule has 103 valence electrons. The Morgan fingerprint density at radius 1 is 0.950 bits per heavy atom. The van der Waals surface area contributed by atoms with E-state index in [-0.39, 0.29) is 0 Å². The van der Waals surface area contributed by atoms with Crippen LogP contribution in [0.15, 0.2) is 54.6 Å². The largest absolute Gasteiger partial charge is 0.373 e. The molecule has 0 aromatic heterocycles. The first-order chi connectivity index (χ1) is 9.72. The van der Waals surface area contributed by atoms with Gasteiger partial charge >= 0.3 is 5.97 Å². The fourth-order valence-electron chi connectivity index (χ4n) is 1.74. The highest BCUT2D eigenvalue weighted by molar-refractivity contribution is 5.96. The third kappa shape index (κ3) is 3.45. The second-order valence-corrected chi connectivity index (χ2v) is 4.42. The molecule has 0 aliphatic rings. The highest BCUT2D eigenvalue weighted by Gasteiger charge is 2.15. The van der Waals surface area contributed by atoms with Crippen LogP contribution in [0.4, 0.5) is 0 Å². The van der Waals surface area contributed by atoms with Crippen molar-refractivity contribution in [3.8, 4) is 11.1 Å². The molecule has 2 aromatic carbocycles. The van der Waals surface area contributed by atoms with Crippen molar-refractivity contribution in [2.24, 2.45) is 0 Å². The molecule has 0 N–H and O–H groups in total. The summed E-state index contributed by atoms with van der Waals surface area (Å²) in [5, 5.41) is 0. The van der Waals surface area contributed by atoms with Crippen LogP contribution >= 0.6 is 0 Å². The fourth-order valence-corrected chi connectivity index (χ4v) is 1.74. The Balaban J connectivity index is 2.22. The maximum atomic E-state index is 12.1. The second-order valence-electron chi connectivity index (χ2n) is 4.42. The highest BCUT2D eigenvalue weighted by Crippen LogP contribution is 2.24. The van der Waals surface area contributed by atoms with E-state index in [0.717, 1.165) is 11.1 Å². The lowest BCUT2D eigenvalue weighted by atomic mass is 10.00. The minimum Gasteiger partial charge on any atom is -0.292 e. The first-order valence-electron chi connectivity index (χ1n) is 6.58. The van der Waals surface area contributed by atoms with Gasteiger partial charge in [0.15, 0.2) is 0 Å². The molecule has 0 amide bonds. The predicted molar refractivity (Wildman–Crippen MR) is 77.6 cm³/mol. The van der Waals surface area contributed by atoms with Crippen molar-refractivity contribution in [2.75, 3.05) is 0 Å². The lowest BCUT2D eigenvalue weighted by Gasteiger charge is -2.10. The molecule has 0 heterocycles. The molecule has 0 saturated carbocycles. The molecule has 0 atom stereocenters. The number of rotatable bonds is 5. The SMILES string of the molecule is CC[C](C)OOC(=O)c1ccccc1-c1ccccc1. The Hall–Kier alpha value is -2.13. The molecule has 0 aliphatic heterocycles. The third-order valence-corrected chi connectivity index (χ3v) is 2.99. The van der Waals surface area contributed by atoms with E-state index in [2.05, 4.69) is 0 Å². The lowest BCUT2D eigenvalue weighted by Crippen LogP contribution is -2.09. The maximum Gasteiger partial charge on any atom is 0.373 e. The van der Waals surface area contributed by atoms with Gasteiger partial charge in [0.25, 0.3) is 0 Å². The van der Waals surface area contributed by atoms with Gasteiger partial charge in [0.1, 0.15) is 6.10 Å². The summed E-state index contributed by atoms with van der Waals surface area (Å²) in [7, 11) is 0. The number of hydrogen-bond acceptors (Lipinski definition) is 3. The van der Waals surface area contributed by atoms with E-state index < -0.39 is 5.97 Å². The zero-order chi connectivity index (χ0) is 14.4. The van der Waals surface area contributed by atoms with Crippen LogP contribution in [0, 0.1) is 6.10 Å². The molecule has 2 rings (SSSR count). The van der Waals surface area contributed by atoms with Gasteiger partial charge in [0.2, 0.25) is 0 Å². The molecule has 0 aliphatic carbocycles. The van der Waals surface area contributed by atoms with Crippen molar-refractivity contribution in [2.45, 2.75) is 20.3 Å². The van der Waals surface area contributed by atoms with Crippen LogP contribution in [-0.2, 0) is 9.78 Å². The molecule has 1 radical (unpaired) electrons. The quantitative estimate of drug-likeness (QED) is 0.596. The van der Waals surface area contributed by atoms with E-state index in [1.165, 1.54) is 0 Å². The standard InChI is InChI=1S/C17H17O3/c1-3-13(2)19-20-17(18)16-12-8-7-11-15(16)14-9-5-4-6-10-14/h4-12H,3H2,1-2H3. The summed E-state index contributed by atoms with van der Waals surface area (Å²) in [6, 6.07) is 17.0. The summed E-state index contributed by atoms with van der Waals surface area (Å²) >= 11 is 0. The van der Waals surface area contributed by atoms with E-state index in [9.17, 15) is 4.79 Å². The van der Waals surface area contributed by atoms with Crippen molar-refractivity contribution < 1.29 is 14.6 Å². The van der Waals surface area contributed by atoms with Crippen molar-refractivity contribution in [3.05, 3.63) is 66.3 Å². The third-order valence-electron chi connectivity index (χ3n) is 2.99. The van der Waals surface area contributed by atoms with Crippen LogP contribution in [0.3, 0.4) is 0 Å². The summed E-state index contributed by atoms with van der Waals surface area (Å²) in [5.74, 6) is -0.489. The Bertz CT molecular complexity index is 563. The summed E-state index contributed by atoms with van der Waals surface area (Å²) in [5.41, 5.74) is 2.29. The fraction of sp³-hybridized carbons (Fsp3) is 0.176. The van der Waals surface area contributed by atoms with Crippen LogP contribution in [0.5, 0.6) is 0 Å². The summed E-state index contributed by atoms with van der Waals surface area (Å²) in [6.07, 6.45) is 1.36. The van der Waals surface area contributed by atoms with Gasteiger partial charge in [-0.25, -0.2) is 4.79 Å². The average Bonchev–Trinajstić information content (AvgIpc) is 2.53. The van der Waals surface area contributed by atoms with Gasteiger partial charge in [-0.1, -0.05) is 55.5 Å². The topological polar surface area (TPSA) is 35.5 Å². The summed E-state index contributed by atoms with van der Waals surface area (Å²) in [4.78, 5) is 21.9. The smallest absolute Gasteiger partial charge is 0.292 e. The Morgan fingerprint density at radius 3 is 2.30 bits per heavy atom. The first kappa shape index (κ1) is 14.3. The Morgan fingerprint density at radius 2 is 1.60 bits per heavy atom. The van der Waals surface area contributed by atoms with Crippen LogP contribution < -0.4 is 0 Å². The molecule has 0 saturated heterocycles. The Kier molecular flexibility index (Phi) is 4.91. The van der Waals surface area contributed by atoms with Crippen LogP contribution in [-0.4, -0.2) is 5.97 Å². The number of carbonyl (C=O) groups is 1. The highest BCUT2D eigenvalue weighted by atomic mass is 17.2. The van der Waals surface area contributed by atoms with Gasteiger partial charge in [0.05, 0.1) is 5.56 Å². The van der Waals surface area contributed by atoms with Crippen molar-refractivity contribution >= 4 is 5.97 Å². The molecule has 20 heavy (non-hydrogen) atoms. The zero-order valence-electron chi connectivity index (χ0n) is 11.6. The van der Waals surface area contributed by atoms with E-state index in [1.807, 2.05) is 49.4 Å². The second kappa shape index (κ2) is 6.87. The van der Waals surface area contributed by atoms with E-state index >= 15 is 0 Å². The molecule has 0 bridgehead atoms. The van der Waals surface area contributed by atoms with Crippen molar-refractivity contribution in [1.82, 2.24) is 0 Å². The average molecular weight is 269 g/mol. The summed E-state index contributed by atoms with van der Waals surface area (Å²) < 4.78 is 0. The molecule has 3 heteroatoms. The van der Waals surface area contributed by atoms with E-state index in [0.29, 0.717) is 18.1 Å². The van der Waals surface area contributed by atoms with Gasteiger partial charge in [-0.15, -0.1) is 0 Å². The van der Waals surface area contributed by atoms with Gasteiger partial charge in [-0.3, -0.25) is 4.89 Å². The van der Waals surface area contributed by atoms with Crippen LogP contribution in [0.25, 0.3) is 11.1 Å². The predicted octanol–water partition coefficient (Wildman–Crippen LogP) is 4.40. The van der Waals surface area contributed by atoms with Gasteiger partial charge in [-0.2, -0.15) is 4.89 Å². The normalized spacial score (nSPS) is 10.6. The minimum absolute atomic E-state index is 0.489. The maximum absolute atomic E-state index is 12.1. The van der Waals surface area contributed by atoms with E-state index in [4.69, 9.17) is 9.78 Å². The summed E-state index contributed by atoms with van der Waals surface area (Å²) in [6.45, 7) is 3.71. The van der Waals surface area contributed by atoms with Gasteiger partial charge in [-0.05, 0) is 30.5 Å². The molecule has 0 fully saturated rings. The molecule has 0 unspecified atom stereocenters. The zero-order valence-corrected chi connectivity index (χ0v) is 11.6. The molecule has 0 spiro atoms. The van der Waals surface area contributed by atoms with E-state index in [1.54, 1.807) is 19.1 Å². The minimum atomic E-state index is -0.489. The van der Waals surface area contributed by atoms with Crippen molar-refractivity contribution in [1.29, 1.82) is 0 Å². The number of benzene rings is 2. The van der Waals surface area contributed by atoms with Gasteiger partial charge < -0.3 is 0 Å². The first-order valence-corrected chi connectivity index (χ1v) is 6.58. The van der Waals surface area contributed by atoms with Crippen molar-refractivity contribution in [3.63, 3.8) is 0 Å². The Labute approximate surface area is 119 Å². The van der Waals surface area contributed by atoms with Gasteiger partial charge in [0, 0.05) is 0 Å². The molecular formula is C17H17O3. The lowest BCUT2D eigenvalue weighted by molar-refractivity contribution is -0.232. The van der Waals surface area contributed by atoms with Crippen LogP contribution in [0.1, 0.15) is 30.6 Å². The number of hydrogen-bond donors (Lipinski definition) is 0. The molecular weight excluding hydrogens is 252 g/mol. The van der Waals surface area contributed by atoms with Crippen LogP contribution in [0.2, 0.25) is 0 Å².